The molecule has 0 saturated heterocycles. The lowest BCUT2D eigenvalue weighted by atomic mass is 9.75. The normalized spacial score (nSPS) is 19.3. The number of hydrogen-bond acceptors (Lipinski definition) is 1. The van der Waals surface area contributed by atoms with Crippen LogP contribution in [0, 0.1) is 5.41 Å². The fourth-order valence-electron chi connectivity index (χ4n) is 4.21. The van der Waals surface area contributed by atoms with Crippen LogP contribution in [0.5, 0.6) is 5.75 Å². The van der Waals surface area contributed by atoms with Gasteiger partial charge < -0.3 is 4.74 Å². The van der Waals surface area contributed by atoms with E-state index in [0.717, 1.165) is 24.0 Å². The van der Waals surface area contributed by atoms with E-state index in [1.807, 2.05) is 6.07 Å². The first-order valence-electron chi connectivity index (χ1n) is 9.62. The molecule has 0 radical (unpaired) electrons. The monoisotopic (exact) mass is 376 g/mol. The summed E-state index contributed by atoms with van der Waals surface area (Å²) in [5.41, 5.74) is 4.84. The van der Waals surface area contributed by atoms with Crippen molar-refractivity contribution in [3.05, 3.63) is 53.6 Å². The maximum Gasteiger partial charge on any atom is 0.422 e. The zero-order chi connectivity index (χ0) is 19.7. The minimum absolute atomic E-state index is 0.228. The molecule has 0 heterocycles. The molecule has 1 aliphatic rings. The summed E-state index contributed by atoms with van der Waals surface area (Å²) < 4.78 is 42.4. The molecule has 0 bridgehead atoms. The van der Waals surface area contributed by atoms with Crippen LogP contribution < -0.4 is 4.74 Å². The van der Waals surface area contributed by atoms with Crippen molar-refractivity contribution in [2.24, 2.45) is 5.41 Å². The average Bonchev–Trinajstić information content (AvgIpc) is 2.98. The van der Waals surface area contributed by atoms with Gasteiger partial charge in [-0.3, -0.25) is 0 Å². The quantitative estimate of drug-likeness (QED) is 0.538. The number of halogens is 3. The highest BCUT2D eigenvalue weighted by Crippen LogP contribution is 2.51. The second kappa shape index (κ2) is 7.57. The van der Waals surface area contributed by atoms with Gasteiger partial charge in [0.1, 0.15) is 5.75 Å². The molecule has 0 spiro atoms. The molecule has 0 amide bonds. The van der Waals surface area contributed by atoms with E-state index in [4.69, 9.17) is 4.74 Å². The number of hydrogen-bond donors (Lipinski definition) is 0. The largest absolute Gasteiger partial charge is 0.484 e. The van der Waals surface area contributed by atoms with Crippen LogP contribution in [0.4, 0.5) is 13.2 Å². The van der Waals surface area contributed by atoms with E-state index >= 15 is 0 Å². The Hall–Kier alpha value is -1.97. The highest BCUT2D eigenvalue weighted by atomic mass is 19.4. The van der Waals surface area contributed by atoms with Crippen LogP contribution in [0.3, 0.4) is 0 Å². The first kappa shape index (κ1) is 19.8. The lowest BCUT2D eigenvalue weighted by Crippen LogP contribution is -2.19. The third-order valence-corrected chi connectivity index (χ3v) is 5.70. The summed E-state index contributed by atoms with van der Waals surface area (Å²) in [7, 11) is 0. The molecular formula is C23H27F3O. The Morgan fingerprint density at radius 2 is 1.89 bits per heavy atom. The lowest BCUT2D eigenvalue weighted by molar-refractivity contribution is -0.153. The number of ether oxygens (including phenoxy) is 1. The fraction of sp³-hybridized carbons (Fsp3) is 0.478. The molecule has 0 N–H and O–H groups in total. The maximum absolute atomic E-state index is 12.5. The van der Waals surface area contributed by atoms with Gasteiger partial charge in [-0.25, -0.2) is 0 Å². The molecule has 146 valence electrons. The number of benzene rings is 2. The molecule has 4 heteroatoms. The number of rotatable bonds is 5. The third-order valence-electron chi connectivity index (χ3n) is 5.70. The van der Waals surface area contributed by atoms with E-state index in [0.29, 0.717) is 5.92 Å². The highest BCUT2D eigenvalue weighted by molar-refractivity contribution is 5.70. The van der Waals surface area contributed by atoms with Crippen molar-refractivity contribution in [2.45, 2.75) is 58.5 Å². The Morgan fingerprint density at radius 3 is 2.52 bits per heavy atom. The van der Waals surface area contributed by atoms with E-state index in [9.17, 15) is 13.2 Å². The third kappa shape index (κ3) is 4.66. The Labute approximate surface area is 159 Å². The molecule has 0 aromatic heterocycles. The maximum atomic E-state index is 12.5. The Kier molecular flexibility index (Phi) is 5.55. The topological polar surface area (TPSA) is 9.23 Å². The lowest BCUT2D eigenvalue weighted by Gasteiger charge is -2.30. The van der Waals surface area contributed by atoms with Crippen LogP contribution in [0.2, 0.25) is 0 Å². The van der Waals surface area contributed by atoms with E-state index < -0.39 is 12.8 Å². The predicted octanol–water partition coefficient (Wildman–Crippen LogP) is 7.15. The van der Waals surface area contributed by atoms with E-state index in [2.05, 4.69) is 39.0 Å². The van der Waals surface area contributed by atoms with Crippen molar-refractivity contribution >= 4 is 0 Å². The first-order chi connectivity index (χ1) is 12.7. The molecule has 1 fully saturated rings. The van der Waals surface area contributed by atoms with Crippen LogP contribution in [0.15, 0.2) is 42.5 Å². The van der Waals surface area contributed by atoms with Gasteiger partial charge in [0.05, 0.1) is 0 Å². The minimum Gasteiger partial charge on any atom is -0.484 e. The summed E-state index contributed by atoms with van der Waals surface area (Å²) in [6, 6.07) is 13.5. The molecular weight excluding hydrogens is 349 g/mol. The average molecular weight is 376 g/mol. The van der Waals surface area contributed by atoms with Crippen LogP contribution >= 0.6 is 0 Å². The second-order valence-electron chi connectivity index (χ2n) is 8.14. The molecule has 1 unspecified atom stereocenters. The van der Waals surface area contributed by atoms with Gasteiger partial charge in [0.2, 0.25) is 0 Å². The van der Waals surface area contributed by atoms with Gasteiger partial charge in [-0.15, -0.1) is 0 Å². The van der Waals surface area contributed by atoms with Crippen molar-refractivity contribution in [3.63, 3.8) is 0 Å². The standard InChI is InChI=1S/C23H27F3O/c1-4-16-10-11-19(20(13-16)21-9-6-12-22(21,2)3)17-7-5-8-18(14-17)27-15-23(24,25)26/h5,7-8,10-11,13-14,21H,4,6,9,12,15H2,1-3H3. The van der Waals surface area contributed by atoms with Crippen molar-refractivity contribution in [2.75, 3.05) is 6.61 Å². The Balaban J connectivity index is 1.99. The summed E-state index contributed by atoms with van der Waals surface area (Å²) in [5.74, 6) is 0.708. The van der Waals surface area contributed by atoms with Gasteiger partial charge in [0.25, 0.3) is 0 Å². The highest BCUT2D eigenvalue weighted by Gasteiger charge is 2.36. The summed E-state index contributed by atoms with van der Waals surface area (Å²) in [4.78, 5) is 0. The zero-order valence-corrected chi connectivity index (χ0v) is 16.2. The fourth-order valence-corrected chi connectivity index (χ4v) is 4.21. The molecule has 2 aromatic carbocycles. The SMILES string of the molecule is CCc1ccc(-c2cccc(OCC(F)(F)F)c2)c(C2CCCC2(C)C)c1. The van der Waals surface area contributed by atoms with E-state index in [-0.39, 0.29) is 11.2 Å². The molecule has 2 aromatic rings. The smallest absolute Gasteiger partial charge is 0.422 e. The molecule has 1 saturated carbocycles. The molecule has 0 aliphatic heterocycles. The number of alkyl halides is 3. The van der Waals surface area contributed by atoms with Gasteiger partial charge in [-0.1, -0.05) is 57.5 Å². The van der Waals surface area contributed by atoms with E-state index in [1.165, 1.54) is 24.0 Å². The van der Waals surface area contributed by atoms with Gasteiger partial charge >= 0.3 is 6.18 Å². The Bertz CT molecular complexity index is 792. The molecule has 1 atom stereocenters. The summed E-state index contributed by atoms with van der Waals surface area (Å²) >= 11 is 0. The Morgan fingerprint density at radius 1 is 1.11 bits per heavy atom. The zero-order valence-electron chi connectivity index (χ0n) is 16.2. The van der Waals surface area contributed by atoms with Crippen LogP contribution in [0.25, 0.3) is 11.1 Å². The van der Waals surface area contributed by atoms with Crippen molar-refractivity contribution in [1.29, 1.82) is 0 Å². The number of aryl methyl sites for hydroxylation is 1. The van der Waals surface area contributed by atoms with Crippen molar-refractivity contribution in [3.8, 4) is 16.9 Å². The summed E-state index contributed by atoms with van der Waals surface area (Å²) in [5, 5.41) is 0. The van der Waals surface area contributed by atoms with Crippen LogP contribution in [-0.4, -0.2) is 12.8 Å². The predicted molar refractivity (Wildman–Crippen MR) is 103 cm³/mol. The van der Waals surface area contributed by atoms with Gasteiger partial charge in [-0.05, 0) is 65.0 Å². The molecule has 27 heavy (non-hydrogen) atoms. The van der Waals surface area contributed by atoms with Gasteiger partial charge in [0, 0.05) is 0 Å². The van der Waals surface area contributed by atoms with Crippen molar-refractivity contribution in [1.82, 2.24) is 0 Å². The first-order valence-corrected chi connectivity index (χ1v) is 9.62. The molecule has 3 rings (SSSR count). The minimum atomic E-state index is -4.34. The van der Waals surface area contributed by atoms with Crippen LogP contribution in [-0.2, 0) is 6.42 Å². The summed E-state index contributed by atoms with van der Waals surface area (Å²) in [6.45, 7) is 5.50. The van der Waals surface area contributed by atoms with E-state index in [1.54, 1.807) is 18.2 Å². The van der Waals surface area contributed by atoms with Gasteiger partial charge in [-0.2, -0.15) is 13.2 Å². The molecule has 1 nitrogen and oxygen atoms in total. The van der Waals surface area contributed by atoms with Gasteiger partial charge in [0.15, 0.2) is 6.61 Å². The molecule has 1 aliphatic carbocycles. The second-order valence-corrected chi connectivity index (χ2v) is 8.14. The van der Waals surface area contributed by atoms with Crippen molar-refractivity contribution < 1.29 is 17.9 Å². The van der Waals surface area contributed by atoms with Crippen LogP contribution in [0.1, 0.15) is 57.1 Å². The summed E-state index contributed by atoms with van der Waals surface area (Å²) in [6.07, 6.45) is 0.189.